The van der Waals surface area contributed by atoms with Gasteiger partial charge in [0.05, 0.1) is 13.2 Å². The van der Waals surface area contributed by atoms with Gasteiger partial charge >= 0.3 is 0 Å². The first-order valence-electron chi connectivity index (χ1n) is 8.17. The van der Waals surface area contributed by atoms with Gasteiger partial charge in [-0.3, -0.25) is 0 Å². The lowest BCUT2D eigenvalue weighted by Crippen LogP contribution is -2.26. The molecule has 1 aromatic carbocycles. The monoisotopic (exact) mass is 304 g/mol. The molecule has 22 heavy (non-hydrogen) atoms. The number of benzene rings is 1. The summed E-state index contributed by atoms with van der Waals surface area (Å²) in [4.78, 5) is 0. The van der Waals surface area contributed by atoms with Crippen molar-refractivity contribution in [2.24, 2.45) is 0 Å². The zero-order chi connectivity index (χ0) is 15.2. The van der Waals surface area contributed by atoms with E-state index in [0.717, 1.165) is 68.8 Å². The van der Waals surface area contributed by atoms with Crippen molar-refractivity contribution in [1.82, 2.24) is 0 Å². The van der Waals surface area contributed by atoms with Gasteiger partial charge < -0.3 is 18.9 Å². The Morgan fingerprint density at radius 2 is 1.41 bits per heavy atom. The molecule has 0 aliphatic carbocycles. The molecule has 0 radical (unpaired) electrons. The minimum Gasteiger partial charge on any atom is -0.465 e. The van der Waals surface area contributed by atoms with E-state index >= 15 is 0 Å². The maximum Gasteiger partial charge on any atom is 0.199 e. The van der Waals surface area contributed by atoms with Crippen molar-refractivity contribution < 1.29 is 18.9 Å². The van der Waals surface area contributed by atoms with Crippen LogP contribution in [0.3, 0.4) is 0 Å². The van der Waals surface area contributed by atoms with Gasteiger partial charge in [0, 0.05) is 18.9 Å². The van der Waals surface area contributed by atoms with Crippen LogP contribution in [0, 0.1) is 0 Å². The van der Waals surface area contributed by atoms with Crippen LogP contribution in [-0.4, -0.2) is 25.8 Å². The van der Waals surface area contributed by atoms with Crippen LogP contribution in [0.4, 0.5) is 0 Å². The zero-order valence-electron chi connectivity index (χ0n) is 13.0. The van der Waals surface area contributed by atoms with E-state index in [0.29, 0.717) is 0 Å². The van der Waals surface area contributed by atoms with E-state index in [1.54, 1.807) is 6.08 Å². The SMILES string of the molecule is C=Cc1cc(OC2CCCCO2)cc(OC2CCCCO2)c1. The second-order valence-electron chi connectivity index (χ2n) is 5.77. The van der Waals surface area contributed by atoms with Gasteiger partial charge in [-0.2, -0.15) is 0 Å². The number of hydrogen-bond donors (Lipinski definition) is 0. The molecule has 2 aliphatic heterocycles. The summed E-state index contributed by atoms with van der Waals surface area (Å²) in [5.41, 5.74) is 0.971. The highest BCUT2D eigenvalue weighted by Crippen LogP contribution is 2.28. The van der Waals surface area contributed by atoms with Crippen LogP contribution in [0.5, 0.6) is 11.5 Å². The third-order valence-electron chi connectivity index (χ3n) is 3.95. The summed E-state index contributed by atoms with van der Waals surface area (Å²) >= 11 is 0. The maximum atomic E-state index is 5.94. The molecule has 0 aromatic heterocycles. The van der Waals surface area contributed by atoms with Crippen molar-refractivity contribution in [2.45, 2.75) is 51.1 Å². The summed E-state index contributed by atoms with van der Waals surface area (Å²) < 4.78 is 23.1. The Kier molecular flexibility index (Phi) is 5.35. The Hall–Kier alpha value is -1.52. The smallest absolute Gasteiger partial charge is 0.199 e. The Balaban J connectivity index is 1.69. The van der Waals surface area contributed by atoms with Gasteiger partial charge in [0.15, 0.2) is 12.6 Å². The maximum absolute atomic E-state index is 5.94. The van der Waals surface area contributed by atoms with Crippen molar-refractivity contribution in [3.8, 4) is 11.5 Å². The summed E-state index contributed by atoms with van der Waals surface area (Å²) in [5.74, 6) is 1.52. The normalized spacial score (nSPS) is 25.5. The third-order valence-corrected chi connectivity index (χ3v) is 3.95. The highest BCUT2D eigenvalue weighted by atomic mass is 16.7. The van der Waals surface area contributed by atoms with Crippen molar-refractivity contribution in [1.29, 1.82) is 0 Å². The molecule has 4 nitrogen and oxygen atoms in total. The van der Waals surface area contributed by atoms with Crippen LogP contribution in [0.25, 0.3) is 6.08 Å². The first kappa shape index (κ1) is 15.4. The van der Waals surface area contributed by atoms with E-state index in [4.69, 9.17) is 18.9 Å². The molecule has 3 rings (SSSR count). The van der Waals surface area contributed by atoms with Crippen LogP contribution in [0.2, 0.25) is 0 Å². The van der Waals surface area contributed by atoms with E-state index in [2.05, 4.69) is 6.58 Å². The van der Waals surface area contributed by atoms with Crippen molar-refractivity contribution >= 4 is 6.08 Å². The second-order valence-corrected chi connectivity index (χ2v) is 5.77. The summed E-state index contributed by atoms with van der Waals surface area (Å²) in [5, 5.41) is 0. The molecule has 120 valence electrons. The standard InChI is InChI=1S/C18H24O4/c1-2-14-11-15(21-17-7-3-5-9-19-17)13-16(12-14)22-18-8-4-6-10-20-18/h2,11-13,17-18H,1,3-10H2. The van der Waals surface area contributed by atoms with E-state index in [1.807, 2.05) is 18.2 Å². The lowest BCUT2D eigenvalue weighted by molar-refractivity contribution is -0.109. The van der Waals surface area contributed by atoms with Gasteiger partial charge in [0.1, 0.15) is 11.5 Å². The molecular formula is C18H24O4. The third kappa shape index (κ3) is 4.24. The summed E-state index contributed by atoms with van der Waals surface area (Å²) in [6.07, 6.45) is 7.85. The average Bonchev–Trinajstić information content (AvgIpc) is 2.56. The Morgan fingerprint density at radius 3 is 1.82 bits per heavy atom. The molecule has 2 unspecified atom stereocenters. The van der Waals surface area contributed by atoms with Gasteiger partial charge in [0.2, 0.25) is 0 Å². The number of rotatable bonds is 5. The van der Waals surface area contributed by atoms with Crippen LogP contribution < -0.4 is 9.47 Å². The largest absolute Gasteiger partial charge is 0.465 e. The molecule has 0 N–H and O–H groups in total. The van der Waals surface area contributed by atoms with E-state index in [1.165, 1.54) is 0 Å². The second kappa shape index (κ2) is 7.65. The molecule has 0 spiro atoms. The first-order valence-corrected chi connectivity index (χ1v) is 8.17. The molecule has 2 saturated heterocycles. The number of ether oxygens (including phenoxy) is 4. The molecule has 4 heteroatoms. The highest BCUT2D eigenvalue weighted by molar-refractivity contribution is 5.53. The zero-order valence-corrected chi connectivity index (χ0v) is 13.0. The summed E-state index contributed by atoms with van der Waals surface area (Å²) in [7, 11) is 0. The van der Waals surface area contributed by atoms with Gasteiger partial charge in [-0.1, -0.05) is 12.7 Å². The minimum atomic E-state index is -0.160. The van der Waals surface area contributed by atoms with E-state index in [9.17, 15) is 0 Å². The molecular weight excluding hydrogens is 280 g/mol. The van der Waals surface area contributed by atoms with Crippen LogP contribution in [-0.2, 0) is 9.47 Å². The number of hydrogen-bond acceptors (Lipinski definition) is 4. The van der Waals surface area contributed by atoms with Crippen LogP contribution in [0.1, 0.15) is 44.1 Å². The van der Waals surface area contributed by atoms with E-state index in [-0.39, 0.29) is 12.6 Å². The molecule has 2 atom stereocenters. The quantitative estimate of drug-likeness (QED) is 0.819. The average molecular weight is 304 g/mol. The fourth-order valence-electron chi connectivity index (χ4n) is 2.76. The van der Waals surface area contributed by atoms with Crippen molar-refractivity contribution in [2.75, 3.05) is 13.2 Å². The van der Waals surface area contributed by atoms with E-state index < -0.39 is 0 Å². The summed E-state index contributed by atoms with van der Waals surface area (Å²) in [6, 6.07) is 5.82. The van der Waals surface area contributed by atoms with Gasteiger partial charge in [-0.25, -0.2) is 0 Å². The Labute approximate surface area is 132 Å². The molecule has 0 bridgehead atoms. The fraction of sp³-hybridized carbons (Fsp3) is 0.556. The molecule has 2 heterocycles. The summed E-state index contributed by atoms with van der Waals surface area (Å²) in [6.45, 7) is 5.37. The Morgan fingerprint density at radius 1 is 0.864 bits per heavy atom. The minimum absolute atomic E-state index is 0.160. The molecule has 0 saturated carbocycles. The molecule has 2 fully saturated rings. The van der Waals surface area contributed by atoms with Crippen LogP contribution in [0.15, 0.2) is 24.8 Å². The lowest BCUT2D eigenvalue weighted by atomic mass is 10.2. The van der Waals surface area contributed by atoms with Crippen LogP contribution >= 0.6 is 0 Å². The van der Waals surface area contributed by atoms with Crippen molar-refractivity contribution in [3.63, 3.8) is 0 Å². The topological polar surface area (TPSA) is 36.9 Å². The molecule has 1 aromatic rings. The predicted octanol–water partition coefficient (Wildman–Crippen LogP) is 4.14. The Bertz CT molecular complexity index is 450. The fourth-order valence-corrected chi connectivity index (χ4v) is 2.76. The van der Waals surface area contributed by atoms with Gasteiger partial charge in [0.25, 0.3) is 0 Å². The molecule has 2 aliphatic rings. The first-order chi connectivity index (χ1) is 10.8. The predicted molar refractivity (Wildman–Crippen MR) is 85.0 cm³/mol. The molecule has 0 amide bonds. The highest BCUT2D eigenvalue weighted by Gasteiger charge is 2.18. The lowest BCUT2D eigenvalue weighted by Gasteiger charge is -2.25. The van der Waals surface area contributed by atoms with Crippen molar-refractivity contribution in [3.05, 3.63) is 30.3 Å². The van der Waals surface area contributed by atoms with Gasteiger partial charge in [-0.15, -0.1) is 0 Å². The van der Waals surface area contributed by atoms with Gasteiger partial charge in [-0.05, 0) is 43.4 Å².